The summed E-state index contributed by atoms with van der Waals surface area (Å²) in [5, 5.41) is 0. The van der Waals surface area contributed by atoms with Crippen molar-refractivity contribution in [3.63, 3.8) is 0 Å². The molecule has 1 aromatic heterocycles. The van der Waals surface area contributed by atoms with Gasteiger partial charge in [0.1, 0.15) is 5.58 Å². The Bertz CT molecular complexity index is 688. The predicted molar refractivity (Wildman–Crippen MR) is 68.6 cm³/mol. The minimum Gasteiger partial charge on any atom is -0.414 e. The van der Waals surface area contributed by atoms with Crippen LogP contribution in [0.3, 0.4) is 0 Å². The molecule has 3 rings (SSSR count). The van der Waals surface area contributed by atoms with Gasteiger partial charge in [-0.05, 0) is 30.5 Å². The minimum absolute atomic E-state index is 0.304. The Kier molecular flexibility index (Phi) is 2.65. The van der Waals surface area contributed by atoms with E-state index in [2.05, 4.69) is 4.99 Å². The second-order valence-corrected chi connectivity index (χ2v) is 5.53. The summed E-state index contributed by atoms with van der Waals surface area (Å²) >= 11 is 1.09. The van der Waals surface area contributed by atoms with Gasteiger partial charge in [0.25, 0.3) is 0 Å². The molecular weight excluding hydrogens is 250 g/mol. The van der Waals surface area contributed by atoms with Crippen molar-refractivity contribution < 1.29 is 9.21 Å². The summed E-state index contributed by atoms with van der Waals surface area (Å²) < 4.78 is 5.94. The van der Waals surface area contributed by atoms with Crippen LogP contribution in [0.2, 0.25) is 0 Å². The van der Waals surface area contributed by atoms with E-state index < -0.39 is 5.54 Å². The maximum Gasteiger partial charge on any atom is 0.396 e. The Morgan fingerprint density at radius 2 is 2.11 bits per heavy atom. The molecule has 1 saturated carbocycles. The molecule has 1 aliphatic rings. The smallest absolute Gasteiger partial charge is 0.396 e. The van der Waals surface area contributed by atoms with Gasteiger partial charge in [-0.1, -0.05) is 30.2 Å². The van der Waals surface area contributed by atoms with Crippen molar-refractivity contribution in [3.8, 4) is 0 Å². The number of rotatable bonds is 2. The van der Waals surface area contributed by atoms with Gasteiger partial charge >= 0.3 is 4.94 Å². The summed E-state index contributed by atoms with van der Waals surface area (Å²) in [6.45, 7) is 0. The lowest BCUT2D eigenvalue weighted by Crippen LogP contribution is -2.18. The fraction of sp³-hybridized carbons (Fsp3) is 0.385. The third kappa shape index (κ3) is 1.72. The summed E-state index contributed by atoms with van der Waals surface area (Å²) in [6, 6.07) is 5.62. The molecule has 0 bridgehead atoms. The lowest BCUT2D eigenvalue weighted by molar-refractivity contribution is 0.455. The highest BCUT2D eigenvalue weighted by atomic mass is 32.1. The van der Waals surface area contributed by atoms with Crippen LogP contribution in [0, 0.1) is 0 Å². The third-order valence-electron chi connectivity index (χ3n) is 3.56. The maximum atomic E-state index is 11.2. The van der Waals surface area contributed by atoms with Crippen LogP contribution < -0.4 is 4.94 Å². The molecule has 1 aromatic carbocycles. The van der Waals surface area contributed by atoms with Crippen molar-refractivity contribution in [2.45, 2.75) is 31.2 Å². The average Bonchev–Trinajstić information content (AvgIpc) is 2.94. The van der Waals surface area contributed by atoms with Crippen molar-refractivity contribution in [3.05, 3.63) is 33.5 Å². The number of hydrogen-bond donors (Lipinski definition) is 0. The number of nitrogens with zero attached hydrogens (tertiary/aromatic N) is 1. The van der Waals surface area contributed by atoms with Gasteiger partial charge in [0.05, 0.1) is 10.2 Å². The van der Waals surface area contributed by atoms with Gasteiger partial charge in [-0.2, -0.15) is 4.99 Å². The second-order valence-electron chi connectivity index (χ2n) is 4.56. The molecule has 5 heteroatoms. The van der Waals surface area contributed by atoms with Gasteiger partial charge in [-0.15, -0.1) is 0 Å². The molecule has 1 aliphatic carbocycles. The first-order valence-corrected chi connectivity index (χ1v) is 6.68. The van der Waals surface area contributed by atoms with Gasteiger partial charge < -0.3 is 4.42 Å². The Labute approximate surface area is 107 Å². The number of benzene rings is 1. The largest absolute Gasteiger partial charge is 0.414 e. The van der Waals surface area contributed by atoms with Crippen LogP contribution in [0.25, 0.3) is 10.3 Å². The highest BCUT2D eigenvalue weighted by molar-refractivity contribution is 7.16. The first kappa shape index (κ1) is 11.4. The first-order chi connectivity index (χ1) is 8.73. The van der Waals surface area contributed by atoms with Crippen LogP contribution in [0.4, 0.5) is 0 Å². The number of fused-ring (bicyclic) bond motifs is 1. The van der Waals surface area contributed by atoms with Crippen molar-refractivity contribution in [2.75, 3.05) is 0 Å². The van der Waals surface area contributed by atoms with Crippen molar-refractivity contribution >= 4 is 27.7 Å². The van der Waals surface area contributed by atoms with Crippen LogP contribution in [0.5, 0.6) is 0 Å². The molecule has 0 spiro atoms. The molecule has 0 amide bonds. The van der Waals surface area contributed by atoms with Crippen LogP contribution in [-0.2, 0) is 10.3 Å². The van der Waals surface area contributed by atoms with Crippen LogP contribution in [0.1, 0.15) is 31.2 Å². The molecule has 0 saturated heterocycles. The van der Waals surface area contributed by atoms with E-state index in [1.807, 2.05) is 18.2 Å². The normalized spacial score (nSPS) is 17.8. The molecule has 0 N–H and O–H groups in total. The predicted octanol–water partition coefficient (Wildman–Crippen LogP) is 2.96. The molecule has 18 heavy (non-hydrogen) atoms. The van der Waals surface area contributed by atoms with E-state index in [4.69, 9.17) is 4.42 Å². The van der Waals surface area contributed by atoms with Crippen molar-refractivity contribution in [1.29, 1.82) is 0 Å². The van der Waals surface area contributed by atoms with Gasteiger partial charge in [0.2, 0.25) is 6.08 Å². The van der Waals surface area contributed by atoms with Crippen LogP contribution in [-0.4, -0.2) is 6.08 Å². The van der Waals surface area contributed by atoms with Gasteiger partial charge in [-0.3, -0.25) is 0 Å². The molecule has 0 unspecified atom stereocenters. The zero-order valence-corrected chi connectivity index (χ0v) is 10.5. The maximum absolute atomic E-state index is 11.2. The zero-order valence-electron chi connectivity index (χ0n) is 9.64. The number of isocyanates is 1. The number of hydrogen-bond acceptors (Lipinski definition) is 5. The standard InChI is InChI=1S/C13H11NO3S/c15-8-14-13(5-1-2-6-13)9-3-4-11-10(7-9)17-12(16)18-11/h3-4,7H,1-2,5-6H2. The minimum atomic E-state index is -0.462. The Morgan fingerprint density at radius 1 is 1.33 bits per heavy atom. The lowest BCUT2D eigenvalue weighted by Gasteiger charge is -2.22. The molecule has 1 heterocycles. The quantitative estimate of drug-likeness (QED) is 0.616. The van der Waals surface area contributed by atoms with E-state index in [9.17, 15) is 9.59 Å². The molecule has 2 aromatic rings. The summed E-state index contributed by atoms with van der Waals surface area (Å²) in [6.07, 6.45) is 5.49. The third-order valence-corrected chi connectivity index (χ3v) is 4.37. The summed E-state index contributed by atoms with van der Waals surface area (Å²) in [5.41, 5.74) is 1.06. The summed E-state index contributed by atoms with van der Waals surface area (Å²) in [7, 11) is 0. The highest BCUT2D eigenvalue weighted by Crippen LogP contribution is 2.42. The van der Waals surface area contributed by atoms with E-state index in [1.165, 1.54) is 0 Å². The molecule has 0 radical (unpaired) electrons. The van der Waals surface area contributed by atoms with Gasteiger partial charge in [0.15, 0.2) is 0 Å². The van der Waals surface area contributed by atoms with Crippen molar-refractivity contribution in [1.82, 2.24) is 0 Å². The van der Waals surface area contributed by atoms with Crippen molar-refractivity contribution in [2.24, 2.45) is 4.99 Å². The SMILES string of the molecule is O=C=NC1(c2ccc3sc(=O)oc3c2)CCCC1. The van der Waals surface area contributed by atoms with Crippen LogP contribution in [0.15, 0.2) is 32.4 Å². The van der Waals surface area contributed by atoms with E-state index in [0.29, 0.717) is 5.58 Å². The Balaban J connectivity index is 2.17. The Morgan fingerprint density at radius 3 is 2.83 bits per heavy atom. The topological polar surface area (TPSA) is 59.6 Å². The van der Waals surface area contributed by atoms with Crippen LogP contribution >= 0.6 is 11.3 Å². The molecule has 4 nitrogen and oxygen atoms in total. The zero-order chi connectivity index (χ0) is 12.6. The lowest BCUT2D eigenvalue weighted by atomic mass is 9.89. The number of aliphatic imine (C=N–C) groups is 1. The monoisotopic (exact) mass is 261 g/mol. The number of carbonyl (C=O) groups excluding carboxylic acids is 1. The average molecular weight is 261 g/mol. The van der Waals surface area contributed by atoms with E-state index in [-0.39, 0.29) is 4.94 Å². The molecule has 92 valence electrons. The first-order valence-electron chi connectivity index (χ1n) is 5.87. The second kappa shape index (κ2) is 4.19. The van der Waals surface area contributed by atoms with E-state index in [0.717, 1.165) is 47.3 Å². The van der Waals surface area contributed by atoms with E-state index >= 15 is 0 Å². The fourth-order valence-electron chi connectivity index (χ4n) is 2.67. The summed E-state index contributed by atoms with van der Waals surface area (Å²) in [4.78, 5) is 25.5. The fourth-order valence-corrected chi connectivity index (χ4v) is 3.32. The highest BCUT2D eigenvalue weighted by Gasteiger charge is 2.35. The summed E-state index contributed by atoms with van der Waals surface area (Å²) in [5.74, 6) is 0. The molecule has 0 atom stereocenters. The molecule has 0 aliphatic heterocycles. The Hall–Kier alpha value is -1.71. The molecular formula is C13H11NO3S. The van der Waals surface area contributed by atoms with Gasteiger partial charge in [-0.25, -0.2) is 9.59 Å². The molecule has 1 fully saturated rings. The van der Waals surface area contributed by atoms with Gasteiger partial charge in [0, 0.05) is 0 Å². The van der Waals surface area contributed by atoms with E-state index in [1.54, 1.807) is 6.08 Å².